The van der Waals surface area contributed by atoms with Crippen LogP contribution in [0.4, 0.5) is 0 Å². The Labute approximate surface area is 109 Å². The molecule has 0 unspecified atom stereocenters. The zero-order valence-corrected chi connectivity index (χ0v) is 11.2. The van der Waals surface area contributed by atoms with E-state index in [9.17, 15) is 13.2 Å². The van der Waals surface area contributed by atoms with Crippen molar-refractivity contribution in [3.05, 3.63) is 28.0 Å². The predicted molar refractivity (Wildman–Crippen MR) is 66.3 cm³/mol. The summed E-state index contributed by atoms with van der Waals surface area (Å²) in [6, 6.07) is 2.70. The number of rotatable bonds is 4. The first-order valence-corrected chi connectivity index (χ1v) is 7.38. The number of sulfone groups is 1. The van der Waals surface area contributed by atoms with Crippen LogP contribution in [0.5, 0.6) is 0 Å². The summed E-state index contributed by atoms with van der Waals surface area (Å²) >= 11 is 11.3. The van der Waals surface area contributed by atoms with Gasteiger partial charge in [0.1, 0.15) is 20.1 Å². The molecule has 0 bridgehead atoms. The van der Waals surface area contributed by atoms with Crippen LogP contribution in [-0.2, 0) is 9.84 Å². The third kappa shape index (κ3) is 5.34. The van der Waals surface area contributed by atoms with E-state index in [1.807, 2.05) is 0 Å². The van der Waals surface area contributed by atoms with Crippen molar-refractivity contribution < 1.29 is 13.2 Å². The normalized spacial score (nSPS) is 11.2. The van der Waals surface area contributed by atoms with Crippen molar-refractivity contribution in [3.8, 4) is 0 Å². The molecule has 1 amide bonds. The number of hydrogen-bond donors (Lipinski definition) is 1. The second-order valence-corrected chi connectivity index (χ2v) is 6.42. The van der Waals surface area contributed by atoms with Crippen LogP contribution in [0.3, 0.4) is 0 Å². The van der Waals surface area contributed by atoms with Gasteiger partial charge in [0.25, 0.3) is 5.91 Å². The van der Waals surface area contributed by atoms with Gasteiger partial charge in [0.05, 0.1) is 5.75 Å². The number of hydrogen-bond acceptors (Lipinski definition) is 4. The fourth-order valence-electron chi connectivity index (χ4n) is 1.05. The van der Waals surface area contributed by atoms with E-state index in [1.54, 1.807) is 0 Å². The molecule has 5 nitrogen and oxygen atoms in total. The van der Waals surface area contributed by atoms with Crippen molar-refractivity contribution in [2.24, 2.45) is 0 Å². The molecule has 0 saturated heterocycles. The topological polar surface area (TPSA) is 76.1 Å². The highest BCUT2D eigenvalue weighted by molar-refractivity contribution is 7.90. The van der Waals surface area contributed by atoms with Crippen LogP contribution in [0.15, 0.2) is 12.1 Å². The third-order valence-corrected chi connectivity index (χ3v) is 3.12. The summed E-state index contributed by atoms with van der Waals surface area (Å²) in [5, 5.41) is 2.65. The minimum Gasteiger partial charge on any atom is -0.351 e. The molecule has 1 heterocycles. The molecule has 0 fully saturated rings. The summed E-state index contributed by atoms with van der Waals surface area (Å²) in [5.41, 5.74) is 0.239. The summed E-state index contributed by atoms with van der Waals surface area (Å²) < 4.78 is 21.7. The molecule has 1 N–H and O–H groups in total. The van der Waals surface area contributed by atoms with Gasteiger partial charge in [-0.2, -0.15) is 0 Å². The maximum atomic E-state index is 11.6. The quantitative estimate of drug-likeness (QED) is 0.846. The third-order valence-electron chi connectivity index (χ3n) is 1.78. The predicted octanol–water partition coefficient (Wildman–Crippen LogP) is 1.16. The van der Waals surface area contributed by atoms with Crippen LogP contribution in [-0.4, -0.2) is 37.9 Å². The van der Waals surface area contributed by atoms with E-state index in [1.165, 1.54) is 12.1 Å². The molecule has 0 saturated carbocycles. The summed E-state index contributed by atoms with van der Waals surface area (Å²) in [4.78, 5) is 15.3. The number of carbonyl (C=O) groups excluding carboxylic acids is 1. The Balaban J connectivity index is 2.64. The first kappa shape index (κ1) is 14.2. The molecule has 0 aliphatic rings. The minimum absolute atomic E-state index is 0.0369. The van der Waals surface area contributed by atoms with Gasteiger partial charge in [-0.1, -0.05) is 23.2 Å². The first-order chi connectivity index (χ1) is 7.78. The monoisotopic (exact) mass is 296 g/mol. The minimum atomic E-state index is -3.10. The lowest BCUT2D eigenvalue weighted by Crippen LogP contribution is -2.28. The number of carbonyl (C=O) groups is 1. The Bertz CT molecular complexity index is 511. The Morgan fingerprint density at radius 1 is 1.35 bits per heavy atom. The van der Waals surface area contributed by atoms with Crippen molar-refractivity contribution in [2.45, 2.75) is 0 Å². The Hall–Kier alpha value is -0.850. The Morgan fingerprint density at radius 3 is 2.35 bits per heavy atom. The van der Waals surface area contributed by atoms with Gasteiger partial charge < -0.3 is 5.32 Å². The lowest BCUT2D eigenvalue weighted by atomic mass is 10.2. The largest absolute Gasteiger partial charge is 0.351 e. The van der Waals surface area contributed by atoms with Gasteiger partial charge in [-0.3, -0.25) is 4.79 Å². The molecule has 1 aromatic heterocycles. The molecule has 0 aliphatic carbocycles. The van der Waals surface area contributed by atoms with Gasteiger partial charge in [-0.25, -0.2) is 13.4 Å². The summed E-state index contributed by atoms with van der Waals surface area (Å²) in [6.07, 6.45) is 1.10. The molecule has 0 atom stereocenters. The van der Waals surface area contributed by atoms with E-state index in [2.05, 4.69) is 10.3 Å². The van der Waals surface area contributed by atoms with Crippen molar-refractivity contribution in [2.75, 3.05) is 18.6 Å². The molecule has 0 aliphatic heterocycles. The highest BCUT2D eigenvalue weighted by Gasteiger charge is 2.09. The molecule has 8 heteroatoms. The summed E-state index contributed by atoms with van der Waals surface area (Å²) in [5.74, 6) is -0.564. The number of amides is 1. The van der Waals surface area contributed by atoms with E-state index in [0.29, 0.717) is 0 Å². The lowest BCUT2D eigenvalue weighted by Gasteiger charge is -2.04. The van der Waals surface area contributed by atoms with Crippen LogP contribution in [0.2, 0.25) is 10.3 Å². The van der Waals surface area contributed by atoms with Crippen molar-refractivity contribution in [1.29, 1.82) is 0 Å². The highest BCUT2D eigenvalue weighted by atomic mass is 35.5. The zero-order valence-electron chi connectivity index (χ0n) is 8.91. The van der Waals surface area contributed by atoms with Gasteiger partial charge in [0.15, 0.2) is 0 Å². The summed E-state index contributed by atoms with van der Waals surface area (Å²) in [7, 11) is -3.10. The molecule has 0 spiro atoms. The van der Waals surface area contributed by atoms with Crippen LogP contribution in [0.25, 0.3) is 0 Å². The Morgan fingerprint density at radius 2 is 1.88 bits per heavy atom. The van der Waals surface area contributed by atoms with Crippen LogP contribution >= 0.6 is 23.2 Å². The smallest absolute Gasteiger partial charge is 0.251 e. The Kier molecular flexibility index (Phi) is 4.73. The molecule has 1 rings (SSSR count). The average molecular weight is 297 g/mol. The van der Waals surface area contributed by atoms with Crippen molar-refractivity contribution >= 4 is 38.9 Å². The van der Waals surface area contributed by atoms with Crippen LogP contribution in [0, 0.1) is 0 Å². The van der Waals surface area contributed by atoms with Gasteiger partial charge >= 0.3 is 0 Å². The molecular formula is C9H10Cl2N2O3S. The zero-order chi connectivity index (χ0) is 13.1. The molecule has 0 aromatic carbocycles. The molecule has 94 valence electrons. The van der Waals surface area contributed by atoms with Crippen molar-refractivity contribution in [3.63, 3.8) is 0 Å². The maximum Gasteiger partial charge on any atom is 0.251 e. The number of nitrogens with one attached hydrogen (secondary N) is 1. The fourth-order valence-corrected chi connectivity index (χ4v) is 1.98. The standard InChI is InChI=1S/C9H10Cl2N2O3S/c1-17(15,16)3-2-12-9(14)6-4-7(10)13-8(11)5-6/h4-5H,2-3H2,1H3,(H,12,14). The molecular weight excluding hydrogens is 287 g/mol. The van der Waals surface area contributed by atoms with Gasteiger partial charge in [-0.05, 0) is 12.1 Å². The molecule has 17 heavy (non-hydrogen) atoms. The number of halogens is 2. The molecule has 0 radical (unpaired) electrons. The van der Waals surface area contributed by atoms with E-state index in [0.717, 1.165) is 6.26 Å². The van der Waals surface area contributed by atoms with Gasteiger partial charge in [0.2, 0.25) is 0 Å². The lowest BCUT2D eigenvalue weighted by molar-refractivity contribution is 0.0956. The van der Waals surface area contributed by atoms with E-state index in [4.69, 9.17) is 23.2 Å². The fraction of sp³-hybridized carbons (Fsp3) is 0.333. The number of pyridine rings is 1. The van der Waals surface area contributed by atoms with E-state index in [-0.39, 0.29) is 28.2 Å². The van der Waals surface area contributed by atoms with Gasteiger partial charge in [0, 0.05) is 18.4 Å². The SMILES string of the molecule is CS(=O)(=O)CCNC(=O)c1cc(Cl)nc(Cl)c1. The van der Waals surface area contributed by atoms with E-state index < -0.39 is 15.7 Å². The first-order valence-electron chi connectivity index (χ1n) is 4.57. The second-order valence-electron chi connectivity index (χ2n) is 3.39. The highest BCUT2D eigenvalue weighted by Crippen LogP contribution is 2.14. The average Bonchev–Trinajstić information content (AvgIpc) is 2.13. The molecule has 1 aromatic rings. The van der Waals surface area contributed by atoms with Crippen LogP contribution in [0.1, 0.15) is 10.4 Å². The number of aromatic nitrogens is 1. The second kappa shape index (κ2) is 5.66. The number of nitrogens with zero attached hydrogens (tertiary/aromatic N) is 1. The van der Waals surface area contributed by atoms with Gasteiger partial charge in [-0.15, -0.1) is 0 Å². The maximum absolute atomic E-state index is 11.6. The van der Waals surface area contributed by atoms with Crippen LogP contribution < -0.4 is 5.32 Å². The summed E-state index contributed by atoms with van der Waals surface area (Å²) in [6.45, 7) is 0.0369. The van der Waals surface area contributed by atoms with Crippen molar-refractivity contribution in [1.82, 2.24) is 10.3 Å². The van der Waals surface area contributed by atoms with E-state index >= 15 is 0 Å².